The summed E-state index contributed by atoms with van der Waals surface area (Å²) in [5, 5.41) is 22.4. The van der Waals surface area contributed by atoms with Crippen molar-refractivity contribution < 1.29 is 19.7 Å². The number of ether oxygens (including phenoxy) is 1. The predicted molar refractivity (Wildman–Crippen MR) is 139 cm³/mol. The van der Waals surface area contributed by atoms with Gasteiger partial charge in [-0.05, 0) is 73.4 Å². The van der Waals surface area contributed by atoms with Crippen LogP contribution in [0.3, 0.4) is 0 Å². The number of aliphatic hydroxyl groups excluding tert-OH is 1. The maximum atomic E-state index is 13.2. The maximum Gasteiger partial charge on any atom is 0.167 e. The SMILES string of the molecule is CC[C@@]1(O)CC[C@@]2(Cc3ccccc3)c3ccc(C(=O)Cc4cccnc4C)cc3COC(O)[C@H]2C1. The highest BCUT2D eigenvalue weighted by Crippen LogP contribution is 2.53. The van der Waals surface area contributed by atoms with E-state index in [2.05, 4.69) is 23.2 Å². The Kier molecular flexibility index (Phi) is 6.82. The van der Waals surface area contributed by atoms with Crippen molar-refractivity contribution in [2.75, 3.05) is 0 Å². The van der Waals surface area contributed by atoms with E-state index in [1.54, 1.807) is 6.20 Å². The van der Waals surface area contributed by atoms with E-state index in [0.717, 1.165) is 35.2 Å². The van der Waals surface area contributed by atoms with E-state index in [0.29, 0.717) is 31.2 Å². The Balaban J connectivity index is 1.55. The fourth-order valence-corrected chi connectivity index (χ4v) is 6.30. The lowest BCUT2D eigenvalue weighted by molar-refractivity contribution is -0.183. The zero-order valence-electron chi connectivity index (χ0n) is 21.1. The summed E-state index contributed by atoms with van der Waals surface area (Å²) in [6.07, 6.45) is 4.32. The van der Waals surface area contributed by atoms with Gasteiger partial charge in [0.05, 0.1) is 12.2 Å². The molecule has 1 fully saturated rings. The van der Waals surface area contributed by atoms with Gasteiger partial charge in [-0.1, -0.05) is 55.5 Å². The molecule has 5 nitrogen and oxygen atoms in total. The predicted octanol–water partition coefficient (Wildman–Crippen LogP) is 5.09. The third kappa shape index (κ3) is 4.63. The van der Waals surface area contributed by atoms with Crippen molar-refractivity contribution >= 4 is 5.78 Å². The maximum absolute atomic E-state index is 13.2. The number of benzene rings is 2. The highest BCUT2D eigenvalue weighted by Gasteiger charge is 2.53. The topological polar surface area (TPSA) is 79.7 Å². The largest absolute Gasteiger partial charge is 0.390 e. The molecule has 1 aromatic heterocycles. The highest BCUT2D eigenvalue weighted by molar-refractivity contribution is 5.97. The molecule has 3 aromatic rings. The molecule has 5 rings (SSSR count). The van der Waals surface area contributed by atoms with Crippen LogP contribution in [0.2, 0.25) is 0 Å². The first kappa shape index (κ1) is 24.8. The summed E-state index contributed by atoms with van der Waals surface area (Å²) in [6.45, 7) is 4.16. The number of pyridine rings is 1. The average Bonchev–Trinajstić information content (AvgIpc) is 3.00. The number of rotatable bonds is 6. The first-order valence-electron chi connectivity index (χ1n) is 13.0. The van der Waals surface area contributed by atoms with Crippen LogP contribution in [0.15, 0.2) is 66.9 Å². The molecule has 1 unspecified atom stereocenters. The number of aryl methyl sites for hydroxylation is 1. The molecule has 4 atom stereocenters. The second-order valence-electron chi connectivity index (χ2n) is 10.6. The van der Waals surface area contributed by atoms with Gasteiger partial charge in [0.1, 0.15) is 0 Å². The molecular weight excluding hydrogens is 450 g/mol. The van der Waals surface area contributed by atoms with E-state index >= 15 is 0 Å². The van der Waals surface area contributed by atoms with Gasteiger partial charge in [-0.3, -0.25) is 9.78 Å². The van der Waals surface area contributed by atoms with E-state index in [9.17, 15) is 15.0 Å². The number of carbonyl (C=O) groups excluding carboxylic acids is 1. The van der Waals surface area contributed by atoms with Gasteiger partial charge in [0.15, 0.2) is 12.1 Å². The molecule has 2 aromatic carbocycles. The van der Waals surface area contributed by atoms with Gasteiger partial charge in [0.25, 0.3) is 0 Å². The molecule has 0 spiro atoms. The minimum Gasteiger partial charge on any atom is -0.390 e. The number of ketones is 1. The number of carbonyl (C=O) groups is 1. The minimum absolute atomic E-state index is 0.0383. The Morgan fingerprint density at radius 1 is 1.11 bits per heavy atom. The number of nitrogens with zero attached hydrogens (tertiary/aromatic N) is 1. The molecule has 2 heterocycles. The molecule has 1 saturated carbocycles. The smallest absolute Gasteiger partial charge is 0.167 e. The van der Waals surface area contributed by atoms with Crippen molar-refractivity contribution in [2.24, 2.45) is 5.92 Å². The molecule has 1 aliphatic carbocycles. The molecule has 2 N–H and O–H groups in total. The van der Waals surface area contributed by atoms with Crippen LogP contribution < -0.4 is 0 Å². The van der Waals surface area contributed by atoms with Gasteiger partial charge >= 0.3 is 0 Å². The highest BCUT2D eigenvalue weighted by atomic mass is 16.6. The van der Waals surface area contributed by atoms with Gasteiger partial charge in [-0.25, -0.2) is 0 Å². The Labute approximate surface area is 213 Å². The Hall–Kier alpha value is -2.86. The van der Waals surface area contributed by atoms with Crippen LogP contribution in [0.25, 0.3) is 0 Å². The van der Waals surface area contributed by atoms with Gasteiger partial charge in [-0.15, -0.1) is 0 Å². The van der Waals surface area contributed by atoms with Crippen LogP contribution in [-0.4, -0.2) is 32.9 Å². The average molecular weight is 486 g/mol. The second-order valence-corrected chi connectivity index (χ2v) is 10.6. The van der Waals surface area contributed by atoms with Crippen molar-refractivity contribution in [3.05, 3.63) is 100 Å². The first-order valence-corrected chi connectivity index (χ1v) is 13.0. The lowest BCUT2D eigenvalue weighted by Crippen LogP contribution is -2.52. The van der Waals surface area contributed by atoms with Gasteiger partial charge in [0.2, 0.25) is 0 Å². The van der Waals surface area contributed by atoms with E-state index in [1.807, 2.05) is 56.3 Å². The molecule has 36 heavy (non-hydrogen) atoms. The summed E-state index contributed by atoms with van der Waals surface area (Å²) in [6, 6.07) is 20.1. The van der Waals surface area contributed by atoms with Gasteiger partial charge in [0, 0.05) is 35.2 Å². The summed E-state index contributed by atoms with van der Waals surface area (Å²) < 4.78 is 5.99. The van der Waals surface area contributed by atoms with E-state index in [1.165, 1.54) is 5.56 Å². The molecule has 188 valence electrons. The van der Waals surface area contributed by atoms with Crippen molar-refractivity contribution in [2.45, 2.75) is 76.3 Å². The molecule has 0 bridgehead atoms. The van der Waals surface area contributed by atoms with Crippen LogP contribution in [0.4, 0.5) is 0 Å². The van der Waals surface area contributed by atoms with E-state index < -0.39 is 17.3 Å². The standard InChI is InChI=1S/C31H35NO4/c1-3-30(35)13-14-31(18-22-8-5-4-6-9-22)26-12-11-24(16-25(26)20-36-29(34)27(31)19-30)28(33)17-23-10-7-15-32-21(23)2/h4-12,15-16,27,29,34-35H,3,13-14,17-20H2,1-2H3/t27-,29?,30-,31-/m1/s1. The number of aliphatic hydroxyl groups is 2. The fourth-order valence-electron chi connectivity index (χ4n) is 6.30. The Morgan fingerprint density at radius 2 is 1.92 bits per heavy atom. The molecule has 1 aliphatic heterocycles. The molecular formula is C31H35NO4. The fraction of sp³-hybridized carbons (Fsp3) is 0.419. The quantitative estimate of drug-likeness (QED) is 0.476. The molecule has 2 aliphatic rings. The zero-order valence-corrected chi connectivity index (χ0v) is 21.1. The molecule has 0 amide bonds. The number of fused-ring (bicyclic) bond motifs is 3. The monoisotopic (exact) mass is 485 g/mol. The van der Waals surface area contributed by atoms with Crippen LogP contribution in [0, 0.1) is 12.8 Å². The zero-order chi connectivity index (χ0) is 25.3. The van der Waals surface area contributed by atoms with Crippen molar-refractivity contribution in [1.29, 1.82) is 0 Å². The van der Waals surface area contributed by atoms with E-state index in [4.69, 9.17) is 4.74 Å². The number of Topliss-reactive ketones (excluding diaryl/α,β-unsaturated/α-hetero) is 1. The van der Waals surface area contributed by atoms with Crippen LogP contribution >= 0.6 is 0 Å². The Morgan fingerprint density at radius 3 is 2.67 bits per heavy atom. The molecule has 0 saturated heterocycles. The lowest BCUT2D eigenvalue weighted by atomic mass is 9.55. The first-order chi connectivity index (χ1) is 17.3. The van der Waals surface area contributed by atoms with E-state index in [-0.39, 0.29) is 18.3 Å². The lowest BCUT2D eigenvalue weighted by Gasteiger charge is -2.51. The molecule has 0 radical (unpaired) electrons. The summed E-state index contributed by atoms with van der Waals surface area (Å²) >= 11 is 0. The minimum atomic E-state index is -0.989. The summed E-state index contributed by atoms with van der Waals surface area (Å²) in [5.41, 5.74) is 4.50. The second kappa shape index (κ2) is 9.89. The molecule has 5 heteroatoms. The summed E-state index contributed by atoms with van der Waals surface area (Å²) in [4.78, 5) is 17.5. The Bertz CT molecular complexity index is 1240. The van der Waals surface area contributed by atoms with Crippen molar-refractivity contribution in [1.82, 2.24) is 4.98 Å². The summed E-state index contributed by atoms with van der Waals surface area (Å²) in [7, 11) is 0. The van der Waals surface area contributed by atoms with Crippen LogP contribution in [0.1, 0.15) is 70.9 Å². The van der Waals surface area contributed by atoms with Crippen molar-refractivity contribution in [3.63, 3.8) is 0 Å². The van der Waals surface area contributed by atoms with Gasteiger partial charge < -0.3 is 14.9 Å². The van der Waals surface area contributed by atoms with Gasteiger partial charge in [-0.2, -0.15) is 0 Å². The number of hydrogen-bond donors (Lipinski definition) is 2. The van der Waals surface area contributed by atoms with Crippen LogP contribution in [-0.2, 0) is 29.6 Å². The third-order valence-electron chi connectivity index (χ3n) is 8.55. The summed E-state index contributed by atoms with van der Waals surface area (Å²) in [5.74, 6) is -0.214. The number of hydrogen-bond acceptors (Lipinski definition) is 5. The third-order valence-corrected chi connectivity index (χ3v) is 8.55. The normalized spacial score (nSPS) is 27.6. The van der Waals surface area contributed by atoms with Crippen molar-refractivity contribution in [3.8, 4) is 0 Å². The number of aromatic nitrogens is 1. The van der Waals surface area contributed by atoms with Crippen LogP contribution in [0.5, 0.6) is 0 Å².